The first-order valence-corrected chi connectivity index (χ1v) is 7.34. The molecule has 0 atom stereocenters. The van der Waals surface area contributed by atoms with Gasteiger partial charge in [0.1, 0.15) is 0 Å². The van der Waals surface area contributed by atoms with Crippen molar-refractivity contribution in [2.45, 2.75) is 6.92 Å². The molecule has 0 amide bonds. The van der Waals surface area contributed by atoms with Gasteiger partial charge in [-0.3, -0.25) is 0 Å². The number of hydrogen-bond acceptors (Lipinski definition) is 3. The highest BCUT2D eigenvalue weighted by molar-refractivity contribution is 6.44. The summed E-state index contributed by atoms with van der Waals surface area (Å²) < 4.78 is 5.19. The van der Waals surface area contributed by atoms with E-state index in [1.54, 1.807) is 24.3 Å². The largest absolute Gasteiger partial charge is 0.402 e. The van der Waals surface area contributed by atoms with E-state index in [1.165, 1.54) is 0 Å². The number of carbonyl (C=O) groups excluding carboxylic acids is 1. The highest BCUT2D eigenvalue weighted by atomic mass is 35.5. The second-order valence-corrected chi connectivity index (χ2v) is 5.63. The van der Waals surface area contributed by atoms with Gasteiger partial charge in [-0.1, -0.05) is 59.1 Å². The van der Waals surface area contributed by atoms with Crippen LogP contribution in [-0.2, 0) is 9.53 Å². The third-order valence-corrected chi connectivity index (χ3v) is 4.00. The maximum atomic E-state index is 11.9. The van der Waals surface area contributed by atoms with E-state index < -0.39 is 5.97 Å². The quantitative estimate of drug-likeness (QED) is 0.593. The van der Waals surface area contributed by atoms with E-state index in [9.17, 15) is 4.79 Å². The molecule has 0 unspecified atom stereocenters. The van der Waals surface area contributed by atoms with Crippen LogP contribution in [-0.4, -0.2) is 11.9 Å². The lowest BCUT2D eigenvalue weighted by Gasteiger charge is -2.03. The van der Waals surface area contributed by atoms with Crippen molar-refractivity contribution in [1.82, 2.24) is 0 Å². The number of ether oxygens (including phenoxy) is 1. The maximum absolute atomic E-state index is 11.9. The van der Waals surface area contributed by atoms with Crippen molar-refractivity contribution < 1.29 is 9.53 Å². The Kier molecular flexibility index (Phi) is 4.01. The Balaban J connectivity index is 1.98. The van der Waals surface area contributed by atoms with Crippen molar-refractivity contribution in [2.24, 2.45) is 4.99 Å². The van der Waals surface area contributed by atoms with E-state index in [4.69, 9.17) is 27.9 Å². The van der Waals surface area contributed by atoms with Gasteiger partial charge in [-0.15, -0.1) is 0 Å². The minimum atomic E-state index is -0.508. The number of hydrogen-bond donors (Lipinski definition) is 0. The summed E-state index contributed by atoms with van der Waals surface area (Å²) in [5, 5.41) is 0.696. The molecule has 0 bridgehead atoms. The Morgan fingerprint density at radius 3 is 2.55 bits per heavy atom. The molecule has 0 aromatic heterocycles. The van der Waals surface area contributed by atoms with Gasteiger partial charge in [0.15, 0.2) is 5.70 Å². The highest BCUT2D eigenvalue weighted by Crippen LogP contribution is 2.29. The number of esters is 1. The second-order valence-electron chi connectivity index (χ2n) is 4.85. The van der Waals surface area contributed by atoms with Gasteiger partial charge in [-0.25, -0.2) is 9.79 Å². The number of cyclic esters (lactones) is 1. The molecule has 0 fully saturated rings. The minimum Gasteiger partial charge on any atom is -0.402 e. The van der Waals surface area contributed by atoms with Crippen LogP contribution in [0.4, 0.5) is 0 Å². The summed E-state index contributed by atoms with van der Waals surface area (Å²) in [5.74, 6) is -0.345. The van der Waals surface area contributed by atoms with E-state index in [0.29, 0.717) is 15.6 Å². The van der Waals surface area contributed by atoms with Gasteiger partial charge in [0.2, 0.25) is 5.90 Å². The molecule has 1 aliphatic heterocycles. The molecule has 3 nitrogen and oxygen atoms in total. The fraction of sp³-hybridized carbons (Fsp3) is 0.0588. The molecule has 1 heterocycles. The predicted octanol–water partition coefficient (Wildman–Crippen LogP) is 4.65. The zero-order valence-corrected chi connectivity index (χ0v) is 13.2. The molecule has 110 valence electrons. The molecule has 0 radical (unpaired) electrons. The van der Waals surface area contributed by atoms with Crippen LogP contribution in [0.5, 0.6) is 0 Å². The van der Waals surface area contributed by atoms with Crippen molar-refractivity contribution >= 4 is 41.1 Å². The zero-order valence-electron chi connectivity index (χ0n) is 11.6. The van der Waals surface area contributed by atoms with Gasteiger partial charge in [-0.05, 0) is 30.7 Å². The van der Waals surface area contributed by atoms with Crippen LogP contribution >= 0.6 is 23.2 Å². The highest BCUT2D eigenvalue weighted by Gasteiger charge is 2.26. The first-order valence-electron chi connectivity index (χ1n) is 6.58. The van der Waals surface area contributed by atoms with Crippen molar-refractivity contribution in [2.75, 3.05) is 0 Å². The van der Waals surface area contributed by atoms with Crippen LogP contribution in [0.1, 0.15) is 16.7 Å². The molecule has 2 aromatic carbocycles. The number of halogens is 2. The first kappa shape index (κ1) is 14.8. The van der Waals surface area contributed by atoms with Crippen LogP contribution in [0.2, 0.25) is 10.0 Å². The third kappa shape index (κ3) is 2.91. The Bertz CT molecular complexity index is 808. The normalized spacial score (nSPS) is 15.9. The number of aryl methyl sites for hydroxylation is 1. The van der Waals surface area contributed by atoms with Crippen molar-refractivity contribution in [1.29, 1.82) is 0 Å². The summed E-state index contributed by atoms with van der Waals surface area (Å²) in [6.45, 7) is 2.00. The molecule has 2 aromatic rings. The first-order chi connectivity index (χ1) is 10.5. The zero-order chi connectivity index (χ0) is 15.7. The van der Waals surface area contributed by atoms with Crippen LogP contribution in [0.25, 0.3) is 6.08 Å². The Hall–Kier alpha value is -2.10. The van der Waals surface area contributed by atoms with E-state index in [2.05, 4.69) is 4.99 Å². The molecule has 0 spiro atoms. The summed E-state index contributed by atoms with van der Waals surface area (Å²) in [6.07, 6.45) is 1.67. The molecule has 0 N–H and O–H groups in total. The maximum Gasteiger partial charge on any atom is 0.363 e. The van der Waals surface area contributed by atoms with Gasteiger partial charge in [0.25, 0.3) is 0 Å². The number of aliphatic imine (C=N–C) groups is 1. The molecular formula is C17H11Cl2NO2. The Morgan fingerprint density at radius 2 is 1.82 bits per heavy atom. The van der Waals surface area contributed by atoms with E-state index in [-0.39, 0.29) is 11.6 Å². The van der Waals surface area contributed by atoms with Crippen molar-refractivity contribution in [3.63, 3.8) is 0 Å². The van der Waals surface area contributed by atoms with E-state index in [0.717, 1.165) is 11.1 Å². The van der Waals surface area contributed by atoms with Gasteiger partial charge >= 0.3 is 5.97 Å². The van der Waals surface area contributed by atoms with E-state index >= 15 is 0 Å². The molecule has 0 saturated heterocycles. The molecule has 22 heavy (non-hydrogen) atoms. The summed E-state index contributed by atoms with van der Waals surface area (Å²) in [7, 11) is 0. The Morgan fingerprint density at radius 1 is 1.09 bits per heavy atom. The lowest BCUT2D eigenvalue weighted by Crippen LogP contribution is -2.06. The van der Waals surface area contributed by atoms with Crippen molar-refractivity contribution in [3.05, 3.63) is 74.9 Å². The average molecular weight is 332 g/mol. The lowest BCUT2D eigenvalue weighted by atomic mass is 10.1. The van der Waals surface area contributed by atoms with Crippen LogP contribution in [0.15, 0.2) is 53.2 Å². The van der Waals surface area contributed by atoms with Crippen molar-refractivity contribution in [3.8, 4) is 0 Å². The fourth-order valence-corrected chi connectivity index (χ4v) is 2.40. The fourth-order valence-electron chi connectivity index (χ4n) is 2.01. The molecular weight excluding hydrogens is 321 g/mol. The topological polar surface area (TPSA) is 38.7 Å². The van der Waals surface area contributed by atoms with Gasteiger partial charge in [0.05, 0.1) is 15.6 Å². The van der Waals surface area contributed by atoms with Gasteiger partial charge in [0, 0.05) is 0 Å². The van der Waals surface area contributed by atoms with Crippen LogP contribution in [0, 0.1) is 6.92 Å². The minimum absolute atomic E-state index is 0.163. The molecule has 5 heteroatoms. The monoisotopic (exact) mass is 331 g/mol. The SMILES string of the molecule is Cc1ccc(C=C2N=C(c3cccc(Cl)c3Cl)OC2=O)cc1. The van der Waals surface area contributed by atoms with E-state index in [1.807, 2.05) is 31.2 Å². The van der Waals surface area contributed by atoms with Crippen LogP contribution < -0.4 is 0 Å². The van der Waals surface area contributed by atoms with Crippen LogP contribution in [0.3, 0.4) is 0 Å². The number of nitrogens with zero attached hydrogens (tertiary/aromatic N) is 1. The van der Waals surface area contributed by atoms with Gasteiger partial charge < -0.3 is 4.74 Å². The average Bonchev–Trinajstić information content (AvgIpc) is 2.85. The standard InChI is InChI=1S/C17H11Cl2NO2/c1-10-5-7-11(8-6-10)9-14-17(21)22-16(20-14)12-3-2-4-13(18)15(12)19/h2-9H,1H3. The molecule has 1 aliphatic rings. The smallest absolute Gasteiger partial charge is 0.363 e. The molecule has 3 rings (SSSR count). The number of benzene rings is 2. The molecule has 0 saturated carbocycles. The molecule has 0 aliphatic carbocycles. The predicted molar refractivity (Wildman–Crippen MR) is 88.2 cm³/mol. The van der Waals surface area contributed by atoms with Gasteiger partial charge in [-0.2, -0.15) is 0 Å². The Labute approximate surface area is 137 Å². The second kappa shape index (κ2) is 5.95. The number of rotatable bonds is 2. The summed E-state index contributed by atoms with van der Waals surface area (Å²) >= 11 is 12.1. The summed E-state index contributed by atoms with van der Waals surface area (Å²) in [4.78, 5) is 16.2. The summed E-state index contributed by atoms with van der Waals surface area (Å²) in [6, 6.07) is 12.8. The summed E-state index contributed by atoms with van der Waals surface area (Å²) in [5.41, 5.74) is 2.75. The lowest BCUT2D eigenvalue weighted by molar-refractivity contribution is -0.129. The third-order valence-electron chi connectivity index (χ3n) is 3.18. The number of carbonyl (C=O) groups is 1.